The lowest BCUT2D eigenvalue weighted by Crippen LogP contribution is -2.13. The molecule has 0 aliphatic heterocycles. The molecule has 0 amide bonds. The number of hydrogen-bond donors (Lipinski definition) is 1. The van der Waals surface area contributed by atoms with Gasteiger partial charge in [0.2, 0.25) is 0 Å². The maximum absolute atomic E-state index is 11.0. The zero-order valence-electron chi connectivity index (χ0n) is 6.44. The number of rotatable bonds is 1. The molecule has 3 nitrogen and oxygen atoms in total. The Bertz CT molecular complexity index is 319. The lowest BCUT2D eigenvalue weighted by Gasteiger charge is -1.98. The normalized spacial score (nSPS) is 10.1. The number of aromatic amines is 1. The predicted octanol–water partition coefficient (Wildman–Crippen LogP) is 1.29. The predicted molar refractivity (Wildman–Crippen MR) is 44.0 cm³/mol. The molecule has 0 aliphatic carbocycles. The van der Waals surface area contributed by atoms with Gasteiger partial charge in [0.1, 0.15) is 10.8 Å². The van der Waals surface area contributed by atoms with Gasteiger partial charge in [-0.05, 0) is 6.92 Å². The minimum atomic E-state index is -0.254. The van der Waals surface area contributed by atoms with E-state index in [-0.39, 0.29) is 10.6 Å². The number of nitrogens with zero attached hydrogens (tertiary/aromatic N) is 1. The first-order chi connectivity index (χ1) is 5.15. The number of aromatic nitrogens is 2. The van der Waals surface area contributed by atoms with Gasteiger partial charge in [-0.3, -0.25) is 4.79 Å². The van der Waals surface area contributed by atoms with Gasteiger partial charge in [-0.1, -0.05) is 18.5 Å². The van der Waals surface area contributed by atoms with E-state index in [9.17, 15) is 4.79 Å². The van der Waals surface area contributed by atoms with Gasteiger partial charge in [0, 0.05) is 6.42 Å². The van der Waals surface area contributed by atoms with Crippen molar-refractivity contribution in [3.05, 3.63) is 26.9 Å². The average molecular weight is 173 g/mol. The van der Waals surface area contributed by atoms with Crippen LogP contribution in [0.15, 0.2) is 4.79 Å². The van der Waals surface area contributed by atoms with Gasteiger partial charge < -0.3 is 4.98 Å². The molecule has 0 spiro atoms. The Balaban J connectivity index is 3.32. The first-order valence-corrected chi connectivity index (χ1v) is 3.78. The molecule has 4 heteroatoms. The number of halogens is 1. The molecule has 0 atom stereocenters. The minimum absolute atomic E-state index is 0.183. The van der Waals surface area contributed by atoms with Crippen LogP contribution in [0.4, 0.5) is 0 Å². The monoisotopic (exact) mass is 172 g/mol. The van der Waals surface area contributed by atoms with Crippen molar-refractivity contribution in [1.29, 1.82) is 0 Å². The molecule has 0 aliphatic rings. The molecule has 1 heterocycles. The highest BCUT2D eigenvalue weighted by Crippen LogP contribution is 2.04. The lowest BCUT2D eigenvalue weighted by molar-refractivity contribution is 0.899. The number of H-pyrrole nitrogens is 1. The van der Waals surface area contributed by atoms with E-state index in [0.29, 0.717) is 17.9 Å². The summed E-state index contributed by atoms with van der Waals surface area (Å²) >= 11 is 5.60. The Labute approximate surface area is 69.4 Å². The maximum Gasteiger partial charge on any atom is 0.269 e. The van der Waals surface area contributed by atoms with Crippen LogP contribution in [0.2, 0.25) is 5.02 Å². The largest absolute Gasteiger partial charge is 0.309 e. The highest BCUT2D eigenvalue weighted by molar-refractivity contribution is 6.30. The fraction of sp³-hybridized carbons (Fsp3) is 0.429. The van der Waals surface area contributed by atoms with Crippen molar-refractivity contribution in [2.75, 3.05) is 0 Å². The Hall–Kier alpha value is -0.830. The first kappa shape index (κ1) is 8.27. The van der Waals surface area contributed by atoms with Crippen LogP contribution in [0, 0.1) is 6.92 Å². The van der Waals surface area contributed by atoms with E-state index in [4.69, 9.17) is 11.6 Å². The van der Waals surface area contributed by atoms with Crippen molar-refractivity contribution in [3.63, 3.8) is 0 Å². The zero-order chi connectivity index (χ0) is 8.43. The summed E-state index contributed by atoms with van der Waals surface area (Å²) in [5.41, 5.74) is 0.336. The standard InChI is InChI=1S/C7H9ClN2O/c1-3-5-9-4(2)6(8)7(11)10-5/h3H2,1-2H3,(H,9,10,11). The summed E-state index contributed by atoms with van der Waals surface area (Å²) in [5.74, 6) is 0.678. The van der Waals surface area contributed by atoms with Gasteiger partial charge in [0.05, 0.1) is 5.69 Å². The second-order valence-corrected chi connectivity index (χ2v) is 2.64. The Morgan fingerprint density at radius 3 is 2.73 bits per heavy atom. The van der Waals surface area contributed by atoms with E-state index in [1.807, 2.05) is 6.92 Å². The van der Waals surface area contributed by atoms with Gasteiger partial charge in [0.25, 0.3) is 5.56 Å². The summed E-state index contributed by atoms with van der Waals surface area (Å²) in [4.78, 5) is 17.6. The van der Waals surface area contributed by atoms with Gasteiger partial charge in [-0.25, -0.2) is 4.98 Å². The molecular weight excluding hydrogens is 164 g/mol. The van der Waals surface area contributed by atoms with Crippen LogP contribution in [0.1, 0.15) is 18.4 Å². The molecule has 0 bridgehead atoms. The summed E-state index contributed by atoms with van der Waals surface area (Å²) in [6.07, 6.45) is 0.716. The molecule has 0 radical (unpaired) electrons. The number of aryl methyl sites for hydroxylation is 2. The summed E-state index contributed by atoms with van der Waals surface area (Å²) < 4.78 is 0. The summed E-state index contributed by atoms with van der Waals surface area (Å²) in [6, 6.07) is 0. The summed E-state index contributed by atoms with van der Waals surface area (Å²) in [6.45, 7) is 3.64. The molecular formula is C7H9ClN2O. The van der Waals surface area contributed by atoms with E-state index in [2.05, 4.69) is 9.97 Å². The quantitative estimate of drug-likeness (QED) is 0.694. The molecule has 1 aromatic rings. The third-order valence-corrected chi connectivity index (χ3v) is 1.86. The van der Waals surface area contributed by atoms with Crippen molar-refractivity contribution in [2.45, 2.75) is 20.3 Å². The molecule has 11 heavy (non-hydrogen) atoms. The highest BCUT2D eigenvalue weighted by atomic mass is 35.5. The maximum atomic E-state index is 11.0. The van der Waals surface area contributed by atoms with Crippen LogP contribution >= 0.6 is 11.6 Å². The van der Waals surface area contributed by atoms with Crippen LogP contribution in [0.3, 0.4) is 0 Å². The van der Waals surface area contributed by atoms with Crippen LogP contribution in [0.5, 0.6) is 0 Å². The molecule has 0 aromatic carbocycles. The van der Waals surface area contributed by atoms with Crippen molar-refractivity contribution in [2.24, 2.45) is 0 Å². The third-order valence-electron chi connectivity index (χ3n) is 1.41. The Morgan fingerprint density at radius 2 is 2.27 bits per heavy atom. The molecule has 0 saturated heterocycles. The smallest absolute Gasteiger partial charge is 0.269 e. The average Bonchev–Trinajstić information content (AvgIpc) is 1.99. The molecule has 60 valence electrons. The minimum Gasteiger partial charge on any atom is -0.309 e. The van der Waals surface area contributed by atoms with E-state index in [1.165, 1.54) is 0 Å². The lowest BCUT2D eigenvalue weighted by atomic mass is 10.4. The molecule has 1 rings (SSSR count). The first-order valence-electron chi connectivity index (χ1n) is 3.40. The fourth-order valence-electron chi connectivity index (χ4n) is 0.797. The fourth-order valence-corrected chi connectivity index (χ4v) is 0.887. The van der Waals surface area contributed by atoms with E-state index < -0.39 is 0 Å². The van der Waals surface area contributed by atoms with E-state index in [0.717, 1.165) is 0 Å². The topological polar surface area (TPSA) is 45.8 Å². The molecule has 0 saturated carbocycles. The van der Waals surface area contributed by atoms with Gasteiger partial charge in [0.15, 0.2) is 0 Å². The highest BCUT2D eigenvalue weighted by Gasteiger charge is 2.02. The Morgan fingerprint density at radius 1 is 1.64 bits per heavy atom. The van der Waals surface area contributed by atoms with Gasteiger partial charge in [-0.2, -0.15) is 0 Å². The molecule has 1 aromatic heterocycles. The van der Waals surface area contributed by atoms with Crippen LogP contribution in [-0.2, 0) is 6.42 Å². The van der Waals surface area contributed by atoms with E-state index >= 15 is 0 Å². The molecule has 0 unspecified atom stereocenters. The Kier molecular flexibility index (Phi) is 2.29. The molecule has 1 N–H and O–H groups in total. The SMILES string of the molecule is CCc1nc(C)c(Cl)c(=O)[nH]1. The summed E-state index contributed by atoms with van der Waals surface area (Å²) in [7, 11) is 0. The van der Waals surface area contributed by atoms with Crippen molar-refractivity contribution in [1.82, 2.24) is 9.97 Å². The number of hydrogen-bond acceptors (Lipinski definition) is 2. The van der Waals surface area contributed by atoms with Crippen molar-refractivity contribution >= 4 is 11.6 Å². The summed E-state index contributed by atoms with van der Waals surface area (Å²) in [5, 5.41) is 0.183. The third kappa shape index (κ3) is 1.60. The second-order valence-electron chi connectivity index (χ2n) is 2.27. The van der Waals surface area contributed by atoms with Crippen LogP contribution < -0.4 is 5.56 Å². The number of nitrogens with one attached hydrogen (secondary N) is 1. The van der Waals surface area contributed by atoms with Gasteiger partial charge in [-0.15, -0.1) is 0 Å². The van der Waals surface area contributed by atoms with Crippen molar-refractivity contribution in [3.8, 4) is 0 Å². The van der Waals surface area contributed by atoms with Crippen LogP contribution in [-0.4, -0.2) is 9.97 Å². The van der Waals surface area contributed by atoms with Crippen LogP contribution in [0.25, 0.3) is 0 Å². The van der Waals surface area contributed by atoms with E-state index in [1.54, 1.807) is 6.92 Å². The zero-order valence-corrected chi connectivity index (χ0v) is 7.20. The van der Waals surface area contributed by atoms with Gasteiger partial charge >= 0.3 is 0 Å². The van der Waals surface area contributed by atoms with Crippen molar-refractivity contribution < 1.29 is 0 Å². The molecule has 0 fully saturated rings. The second kappa shape index (κ2) is 3.05.